The summed E-state index contributed by atoms with van der Waals surface area (Å²) in [5.41, 5.74) is 1.92. The third-order valence-electron chi connectivity index (χ3n) is 2.78. The number of methoxy groups -OCH3 is 1. The Morgan fingerprint density at radius 2 is 1.94 bits per heavy atom. The number of aliphatic hydroxyl groups excluding tert-OH is 1. The maximum Gasteiger partial charge on any atom is 0.126 e. The van der Waals surface area contributed by atoms with Gasteiger partial charge in [0.2, 0.25) is 0 Å². The SMILES string of the molecule is CCN(CC)c1cccc(OC)c1[C@H](C)O. The van der Waals surface area contributed by atoms with E-state index in [0.717, 1.165) is 30.1 Å². The highest BCUT2D eigenvalue weighted by molar-refractivity contribution is 5.60. The number of anilines is 1. The summed E-state index contributed by atoms with van der Waals surface area (Å²) in [6, 6.07) is 5.87. The predicted octanol–water partition coefficient (Wildman–Crippen LogP) is 2.59. The minimum Gasteiger partial charge on any atom is -0.496 e. The van der Waals surface area contributed by atoms with E-state index in [-0.39, 0.29) is 0 Å². The zero-order valence-electron chi connectivity index (χ0n) is 10.5. The largest absolute Gasteiger partial charge is 0.496 e. The molecule has 90 valence electrons. The molecule has 0 saturated heterocycles. The van der Waals surface area contributed by atoms with Crippen LogP contribution in [0.3, 0.4) is 0 Å². The molecule has 3 heteroatoms. The van der Waals surface area contributed by atoms with Gasteiger partial charge in [0.1, 0.15) is 5.75 Å². The van der Waals surface area contributed by atoms with Crippen LogP contribution >= 0.6 is 0 Å². The molecule has 0 fully saturated rings. The van der Waals surface area contributed by atoms with E-state index in [9.17, 15) is 5.11 Å². The molecule has 3 nitrogen and oxygen atoms in total. The van der Waals surface area contributed by atoms with Crippen molar-refractivity contribution >= 4 is 5.69 Å². The van der Waals surface area contributed by atoms with Crippen LogP contribution in [0.1, 0.15) is 32.4 Å². The number of benzene rings is 1. The van der Waals surface area contributed by atoms with Crippen LogP contribution in [0.5, 0.6) is 5.75 Å². The summed E-state index contributed by atoms with van der Waals surface area (Å²) in [7, 11) is 1.63. The first-order valence-corrected chi connectivity index (χ1v) is 5.75. The summed E-state index contributed by atoms with van der Waals surface area (Å²) in [6.45, 7) is 7.82. The lowest BCUT2D eigenvalue weighted by molar-refractivity contribution is 0.194. The first kappa shape index (κ1) is 12.8. The molecule has 0 aromatic heterocycles. The number of rotatable bonds is 5. The summed E-state index contributed by atoms with van der Waals surface area (Å²) < 4.78 is 5.30. The number of nitrogens with zero attached hydrogens (tertiary/aromatic N) is 1. The van der Waals surface area contributed by atoms with Crippen molar-refractivity contribution in [2.24, 2.45) is 0 Å². The Labute approximate surface area is 97.7 Å². The van der Waals surface area contributed by atoms with Gasteiger partial charge in [0.05, 0.1) is 13.2 Å². The van der Waals surface area contributed by atoms with Crippen LogP contribution in [0.15, 0.2) is 18.2 Å². The maximum absolute atomic E-state index is 9.85. The van der Waals surface area contributed by atoms with E-state index in [1.807, 2.05) is 18.2 Å². The minimum atomic E-state index is -0.522. The second-order valence-corrected chi connectivity index (χ2v) is 3.74. The van der Waals surface area contributed by atoms with Crippen LogP contribution in [0.4, 0.5) is 5.69 Å². The molecule has 16 heavy (non-hydrogen) atoms. The van der Waals surface area contributed by atoms with E-state index < -0.39 is 6.10 Å². The van der Waals surface area contributed by atoms with E-state index in [1.54, 1.807) is 14.0 Å². The Balaban J connectivity index is 3.26. The standard InChI is InChI=1S/C13H21NO2/c1-5-14(6-2)11-8-7-9-12(16-4)13(11)10(3)15/h7-10,15H,5-6H2,1-4H3/t10-/m0/s1. The first-order chi connectivity index (χ1) is 7.65. The zero-order valence-corrected chi connectivity index (χ0v) is 10.5. The smallest absolute Gasteiger partial charge is 0.126 e. The molecular formula is C13H21NO2. The lowest BCUT2D eigenvalue weighted by Gasteiger charge is -2.26. The highest BCUT2D eigenvalue weighted by Crippen LogP contribution is 2.34. The number of hydrogen-bond acceptors (Lipinski definition) is 3. The molecule has 0 radical (unpaired) electrons. The van der Waals surface area contributed by atoms with Crippen molar-refractivity contribution in [3.8, 4) is 5.75 Å². The van der Waals surface area contributed by atoms with Gasteiger partial charge in [-0.15, -0.1) is 0 Å². The summed E-state index contributed by atoms with van der Waals surface area (Å²) in [6.07, 6.45) is -0.522. The van der Waals surface area contributed by atoms with E-state index in [0.29, 0.717) is 0 Å². The number of aliphatic hydroxyl groups is 1. The molecule has 1 aromatic rings. The molecular weight excluding hydrogens is 202 g/mol. The number of hydrogen-bond donors (Lipinski definition) is 1. The topological polar surface area (TPSA) is 32.7 Å². The molecule has 1 N–H and O–H groups in total. The lowest BCUT2D eigenvalue weighted by atomic mass is 10.1. The molecule has 0 aliphatic rings. The number of ether oxygens (including phenoxy) is 1. The van der Waals surface area contributed by atoms with Crippen molar-refractivity contribution < 1.29 is 9.84 Å². The van der Waals surface area contributed by atoms with Crippen LogP contribution in [0, 0.1) is 0 Å². The first-order valence-electron chi connectivity index (χ1n) is 5.75. The van der Waals surface area contributed by atoms with Gasteiger partial charge in [-0.25, -0.2) is 0 Å². The Morgan fingerprint density at radius 3 is 2.38 bits per heavy atom. The van der Waals surface area contributed by atoms with E-state index >= 15 is 0 Å². The minimum absolute atomic E-state index is 0.522. The van der Waals surface area contributed by atoms with Crippen LogP contribution in [-0.2, 0) is 0 Å². The van der Waals surface area contributed by atoms with Gasteiger partial charge in [0.15, 0.2) is 0 Å². The summed E-state index contributed by atoms with van der Waals surface area (Å²) in [5, 5.41) is 9.85. The molecule has 1 atom stereocenters. The third-order valence-corrected chi connectivity index (χ3v) is 2.78. The van der Waals surface area contributed by atoms with Crippen LogP contribution in [-0.4, -0.2) is 25.3 Å². The van der Waals surface area contributed by atoms with Crippen molar-refractivity contribution in [3.05, 3.63) is 23.8 Å². The Hall–Kier alpha value is -1.22. The van der Waals surface area contributed by atoms with Gasteiger partial charge in [-0.05, 0) is 32.9 Å². The van der Waals surface area contributed by atoms with Crippen molar-refractivity contribution in [2.75, 3.05) is 25.1 Å². The molecule has 1 aromatic carbocycles. The third kappa shape index (κ3) is 2.47. The fourth-order valence-electron chi connectivity index (χ4n) is 1.97. The fourth-order valence-corrected chi connectivity index (χ4v) is 1.97. The van der Waals surface area contributed by atoms with Gasteiger partial charge in [-0.3, -0.25) is 0 Å². The zero-order chi connectivity index (χ0) is 12.1. The van der Waals surface area contributed by atoms with E-state index in [4.69, 9.17) is 4.74 Å². The molecule has 0 heterocycles. The molecule has 0 bridgehead atoms. The second-order valence-electron chi connectivity index (χ2n) is 3.74. The summed E-state index contributed by atoms with van der Waals surface area (Å²) >= 11 is 0. The Bertz CT molecular complexity index is 333. The molecule has 0 unspecified atom stereocenters. The fraction of sp³-hybridized carbons (Fsp3) is 0.538. The lowest BCUT2D eigenvalue weighted by Crippen LogP contribution is -2.23. The van der Waals surface area contributed by atoms with Gasteiger partial charge in [0.25, 0.3) is 0 Å². The molecule has 0 spiro atoms. The average Bonchev–Trinajstić information content (AvgIpc) is 2.30. The van der Waals surface area contributed by atoms with Crippen LogP contribution in [0.25, 0.3) is 0 Å². The Morgan fingerprint density at radius 1 is 1.31 bits per heavy atom. The molecule has 0 aliphatic heterocycles. The van der Waals surface area contributed by atoms with Gasteiger partial charge >= 0.3 is 0 Å². The second kappa shape index (κ2) is 5.75. The normalized spacial score (nSPS) is 12.3. The Kier molecular flexibility index (Phi) is 4.62. The van der Waals surface area contributed by atoms with Crippen molar-refractivity contribution in [1.82, 2.24) is 0 Å². The summed E-state index contributed by atoms with van der Waals surface area (Å²) in [5.74, 6) is 0.749. The van der Waals surface area contributed by atoms with Gasteiger partial charge in [-0.1, -0.05) is 6.07 Å². The molecule has 0 saturated carbocycles. The molecule has 0 amide bonds. The van der Waals surface area contributed by atoms with E-state index in [1.165, 1.54) is 0 Å². The highest BCUT2D eigenvalue weighted by Gasteiger charge is 2.16. The van der Waals surface area contributed by atoms with Crippen molar-refractivity contribution in [1.29, 1.82) is 0 Å². The molecule has 0 aliphatic carbocycles. The predicted molar refractivity (Wildman–Crippen MR) is 67.2 cm³/mol. The highest BCUT2D eigenvalue weighted by atomic mass is 16.5. The van der Waals surface area contributed by atoms with Crippen molar-refractivity contribution in [3.63, 3.8) is 0 Å². The van der Waals surface area contributed by atoms with Gasteiger partial charge in [-0.2, -0.15) is 0 Å². The van der Waals surface area contributed by atoms with E-state index in [2.05, 4.69) is 18.7 Å². The van der Waals surface area contributed by atoms with Crippen LogP contribution in [0.2, 0.25) is 0 Å². The van der Waals surface area contributed by atoms with Crippen LogP contribution < -0.4 is 9.64 Å². The summed E-state index contributed by atoms with van der Waals surface area (Å²) in [4.78, 5) is 2.21. The van der Waals surface area contributed by atoms with Crippen molar-refractivity contribution in [2.45, 2.75) is 26.9 Å². The quantitative estimate of drug-likeness (QED) is 0.832. The average molecular weight is 223 g/mol. The molecule has 1 rings (SSSR count). The van der Waals surface area contributed by atoms with Gasteiger partial charge in [0, 0.05) is 24.3 Å². The van der Waals surface area contributed by atoms with Gasteiger partial charge < -0.3 is 14.7 Å². The monoisotopic (exact) mass is 223 g/mol. The maximum atomic E-state index is 9.85.